The van der Waals surface area contributed by atoms with Gasteiger partial charge in [0.1, 0.15) is 5.75 Å². The Morgan fingerprint density at radius 1 is 1.59 bits per heavy atom. The van der Waals surface area contributed by atoms with Crippen LogP contribution in [0.4, 0.5) is 0 Å². The summed E-state index contributed by atoms with van der Waals surface area (Å²) in [4.78, 5) is 11.6. The predicted octanol–water partition coefficient (Wildman–Crippen LogP) is 1.43. The molecule has 0 radical (unpaired) electrons. The van der Waals surface area contributed by atoms with Gasteiger partial charge in [0, 0.05) is 0 Å². The van der Waals surface area contributed by atoms with Crippen molar-refractivity contribution in [2.75, 3.05) is 13.2 Å². The summed E-state index contributed by atoms with van der Waals surface area (Å²) in [5.74, 6) is 0.188. The number of aryl methyl sites for hydroxylation is 1. The Morgan fingerprint density at radius 2 is 2.29 bits per heavy atom. The van der Waals surface area contributed by atoms with Crippen molar-refractivity contribution in [1.29, 1.82) is 0 Å². The predicted molar refractivity (Wildman–Crippen MR) is 71.5 cm³/mol. The highest BCUT2D eigenvalue weighted by Crippen LogP contribution is 2.24. The van der Waals surface area contributed by atoms with Crippen LogP contribution in [0.15, 0.2) is 18.2 Å². The van der Waals surface area contributed by atoms with Gasteiger partial charge in [-0.25, -0.2) is 0 Å². The van der Waals surface area contributed by atoms with E-state index in [1.165, 1.54) is 0 Å². The molecule has 0 atom stereocenters. The largest absolute Gasteiger partial charge is 0.482 e. The number of thiocarbonyl (C=S) groups is 1. The molecule has 0 bridgehead atoms. The number of carbonyl (C=O) groups is 1. The number of carbonyl (C=O) groups excluding carboxylic acids is 1. The van der Waals surface area contributed by atoms with E-state index >= 15 is 0 Å². The highest BCUT2D eigenvalue weighted by Gasteiger charge is 2.06. The van der Waals surface area contributed by atoms with Gasteiger partial charge in [-0.2, -0.15) is 0 Å². The molecule has 1 aromatic carbocycles. The first-order valence-corrected chi connectivity index (χ1v) is 5.71. The standard InChI is InChI=1S/C11H13ClN2O2S/c1-7-2-3-8(12)9(4-7)16-6-11(15)14-5-10(13)17/h2-4H,5-6H2,1H3,(H2,13,17)(H,14,15). The minimum absolute atomic E-state index is 0.119. The van der Waals surface area contributed by atoms with E-state index in [1.54, 1.807) is 12.1 Å². The van der Waals surface area contributed by atoms with E-state index in [4.69, 9.17) is 22.1 Å². The Labute approximate surface area is 110 Å². The molecule has 0 unspecified atom stereocenters. The molecule has 1 aromatic rings. The summed E-state index contributed by atoms with van der Waals surface area (Å²) < 4.78 is 5.28. The number of benzene rings is 1. The number of halogens is 1. The van der Waals surface area contributed by atoms with Crippen LogP contribution in [0.3, 0.4) is 0 Å². The van der Waals surface area contributed by atoms with Gasteiger partial charge in [0.25, 0.3) is 5.91 Å². The third kappa shape index (κ3) is 5.01. The van der Waals surface area contributed by atoms with Crippen LogP contribution in [0.5, 0.6) is 5.75 Å². The van der Waals surface area contributed by atoms with Crippen LogP contribution in [0.1, 0.15) is 5.56 Å². The third-order valence-corrected chi connectivity index (χ3v) is 2.36. The van der Waals surface area contributed by atoms with Crippen molar-refractivity contribution in [2.45, 2.75) is 6.92 Å². The van der Waals surface area contributed by atoms with Crippen molar-refractivity contribution in [3.05, 3.63) is 28.8 Å². The molecule has 17 heavy (non-hydrogen) atoms. The average Bonchev–Trinajstić information content (AvgIpc) is 2.27. The number of ether oxygens (including phenoxy) is 1. The second-order valence-corrected chi connectivity index (χ2v) is 4.40. The lowest BCUT2D eigenvalue weighted by molar-refractivity contribution is -0.122. The average molecular weight is 273 g/mol. The zero-order chi connectivity index (χ0) is 12.8. The van der Waals surface area contributed by atoms with E-state index in [9.17, 15) is 4.79 Å². The molecule has 0 saturated carbocycles. The fourth-order valence-electron chi connectivity index (χ4n) is 1.10. The maximum absolute atomic E-state index is 11.3. The first-order chi connectivity index (χ1) is 7.99. The van der Waals surface area contributed by atoms with Crippen molar-refractivity contribution < 1.29 is 9.53 Å². The zero-order valence-corrected chi connectivity index (χ0v) is 10.9. The number of nitrogens with one attached hydrogen (secondary N) is 1. The molecule has 0 spiro atoms. The van der Waals surface area contributed by atoms with Crippen molar-refractivity contribution >= 4 is 34.7 Å². The van der Waals surface area contributed by atoms with E-state index in [2.05, 4.69) is 17.5 Å². The summed E-state index contributed by atoms with van der Waals surface area (Å²) in [5, 5.41) is 2.98. The monoisotopic (exact) mass is 272 g/mol. The molecule has 0 aliphatic rings. The van der Waals surface area contributed by atoms with Gasteiger partial charge in [-0.1, -0.05) is 29.9 Å². The second kappa shape index (κ2) is 6.42. The molecule has 1 rings (SSSR count). The Hall–Kier alpha value is -1.33. The van der Waals surface area contributed by atoms with E-state index in [1.807, 2.05) is 13.0 Å². The minimum atomic E-state index is -0.296. The Balaban J connectivity index is 2.47. The van der Waals surface area contributed by atoms with Gasteiger partial charge < -0.3 is 15.8 Å². The summed E-state index contributed by atoms with van der Waals surface area (Å²) in [6.07, 6.45) is 0. The number of nitrogens with two attached hydrogens (primary N) is 1. The summed E-state index contributed by atoms with van der Waals surface area (Å²) >= 11 is 10.5. The lowest BCUT2D eigenvalue weighted by atomic mass is 10.2. The van der Waals surface area contributed by atoms with Crippen LogP contribution in [-0.2, 0) is 4.79 Å². The van der Waals surface area contributed by atoms with Gasteiger partial charge in [0.05, 0.1) is 16.6 Å². The summed E-state index contributed by atoms with van der Waals surface area (Å²) in [6, 6.07) is 5.35. The van der Waals surface area contributed by atoms with E-state index in [0.29, 0.717) is 10.8 Å². The smallest absolute Gasteiger partial charge is 0.258 e. The molecule has 1 amide bonds. The van der Waals surface area contributed by atoms with E-state index < -0.39 is 0 Å². The third-order valence-electron chi connectivity index (χ3n) is 1.91. The molecule has 0 fully saturated rings. The molecule has 0 aromatic heterocycles. The lowest BCUT2D eigenvalue weighted by Crippen LogP contribution is -2.35. The molecule has 0 aliphatic heterocycles. The van der Waals surface area contributed by atoms with Crippen LogP contribution in [0, 0.1) is 6.92 Å². The van der Waals surface area contributed by atoms with Gasteiger partial charge in [0.2, 0.25) is 0 Å². The molecule has 4 nitrogen and oxygen atoms in total. The number of hydrogen-bond donors (Lipinski definition) is 2. The lowest BCUT2D eigenvalue weighted by Gasteiger charge is -2.08. The molecule has 92 valence electrons. The minimum Gasteiger partial charge on any atom is -0.482 e. The number of amides is 1. The Morgan fingerprint density at radius 3 is 2.94 bits per heavy atom. The molecular formula is C11H13ClN2O2S. The number of hydrogen-bond acceptors (Lipinski definition) is 3. The summed E-state index contributed by atoms with van der Waals surface area (Å²) in [7, 11) is 0. The quantitative estimate of drug-likeness (QED) is 0.796. The van der Waals surface area contributed by atoms with E-state index in [0.717, 1.165) is 5.56 Å². The Bertz CT molecular complexity index is 437. The van der Waals surface area contributed by atoms with Gasteiger partial charge in [-0.15, -0.1) is 0 Å². The second-order valence-electron chi connectivity index (χ2n) is 3.47. The molecular weight excluding hydrogens is 260 g/mol. The van der Waals surface area contributed by atoms with Crippen molar-refractivity contribution in [3.8, 4) is 5.75 Å². The van der Waals surface area contributed by atoms with Gasteiger partial charge in [-0.05, 0) is 24.6 Å². The molecule has 0 heterocycles. The summed E-state index contributed by atoms with van der Waals surface area (Å²) in [6.45, 7) is 1.96. The maximum Gasteiger partial charge on any atom is 0.258 e. The molecule has 0 aliphatic carbocycles. The molecule has 3 N–H and O–H groups in total. The molecule has 0 saturated heterocycles. The van der Waals surface area contributed by atoms with Crippen LogP contribution >= 0.6 is 23.8 Å². The van der Waals surface area contributed by atoms with Crippen LogP contribution in [-0.4, -0.2) is 24.0 Å². The zero-order valence-electron chi connectivity index (χ0n) is 9.33. The first kappa shape index (κ1) is 13.7. The Kier molecular flexibility index (Phi) is 5.18. The first-order valence-electron chi connectivity index (χ1n) is 4.93. The maximum atomic E-state index is 11.3. The number of rotatable bonds is 5. The van der Waals surface area contributed by atoms with Crippen LogP contribution < -0.4 is 15.8 Å². The van der Waals surface area contributed by atoms with Crippen LogP contribution in [0.25, 0.3) is 0 Å². The molecule has 6 heteroatoms. The fraction of sp³-hybridized carbons (Fsp3) is 0.273. The van der Waals surface area contributed by atoms with Gasteiger partial charge in [-0.3, -0.25) is 4.79 Å². The van der Waals surface area contributed by atoms with Gasteiger partial charge >= 0.3 is 0 Å². The van der Waals surface area contributed by atoms with Crippen LogP contribution in [0.2, 0.25) is 5.02 Å². The van der Waals surface area contributed by atoms with Crippen molar-refractivity contribution in [1.82, 2.24) is 5.32 Å². The normalized spacial score (nSPS) is 9.76. The SMILES string of the molecule is Cc1ccc(Cl)c(OCC(=O)NCC(N)=S)c1. The van der Waals surface area contributed by atoms with E-state index in [-0.39, 0.29) is 24.0 Å². The summed E-state index contributed by atoms with van der Waals surface area (Å²) in [5.41, 5.74) is 6.25. The highest BCUT2D eigenvalue weighted by molar-refractivity contribution is 7.80. The highest BCUT2D eigenvalue weighted by atomic mass is 35.5. The van der Waals surface area contributed by atoms with Crippen molar-refractivity contribution in [3.63, 3.8) is 0 Å². The topological polar surface area (TPSA) is 64.3 Å². The van der Waals surface area contributed by atoms with Crippen molar-refractivity contribution in [2.24, 2.45) is 5.73 Å². The fourth-order valence-corrected chi connectivity index (χ4v) is 1.35. The van der Waals surface area contributed by atoms with Gasteiger partial charge in [0.15, 0.2) is 6.61 Å².